The van der Waals surface area contributed by atoms with E-state index in [0.717, 1.165) is 36.3 Å². The molecule has 2 heterocycles. The first-order chi connectivity index (χ1) is 12.2. The predicted molar refractivity (Wildman–Crippen MR) is 97.4 cm³/mol. The van der Waals surface area contributed by atoms with Gasteiger partial charge in [0.05, 0.1) is 5.69 Å². The molecule has 0 amide bonds. The van der Waals surface area contributed by atoms with Crippen molar-refractivity contribution in [3.63, 3.8) is 0 Å². The van der Waals surface area contributed by atoms with E-state index in [9.17, 15) is 4.39 Å². The minimum atomic E-state index is -0.254. The normalized spacial score (nSPS) is 12.4. The number of fused-ring (bicyclic) bond motifs is 1. The van der Waals surface area contributed by atoms with Gasteiger partial charge in [-0.25, -0.2) is 9.37 Å². The minimum Gasteiger partial charge on any atom is -0.485 e. The summed E-state index contributed by atoms with van der Waals surface area (Å²) in [7, 11) is 0. The molecule has 132 valence electrons. The monoisotopic (exact) mass is 341 g/mol. The zero-order chi connectivity index (χ0) is 17.6. The molecular formula is C20H24FN3O. The third kappa shape index (κ3) is 4.57. The van der Waals surface area contributed by atoms with Crippen LogP contribution in [0.4, 0.5) is 4.39 Å². The molecular weight excluding hydrogens is 317 g/mol. The lowest BCUT2D eigenvalue weighted by molar-refractivity contribution is 0.307. The summed E-state index contributed by atoms with van der Waals surface area (Å²) in [6, 6.07) is 10.6. The molecule has 0 radical (unpaired) electrons. The lowest BCUT2D eigenvalue weighted by Crippen LogP contribution is -2.28. The van der Waals surface area contributed by atoms with Gasteiger partial charge in [0, 0.05) is 24.9 Å². The van der Waals surface area contributed by atoms with Gasteiger partial charge in [-0.05, 0) is 49.7 Å². The van der Waals surface area contributed by atoms with Crippen molar-refractivity contribution in [2.75, 3.05) is 6.54 Å². The first kappa shape index (κ1) is 17.4. The second-order valence-corrected chi connectivity index (χ2v) is 6.31. The van der Waals surface area contributed by atoms with Crippen LogP contribution in [0.25, 0.3) is 5.65 Å². The van der Waals surface area contributed by atoms with Crippen molar-refractivity contribution in [2.45, 2.75) is 39.3 Å². The number of nitrogens with one attached hydrogen (secondary N) is 1. The number of imidazole rings is 1. The molecule has 0 bridgehead atoms. The fourth-order valence-corrected chi connectivity index (χ4v) is 2.81. The fraction of sp³-hybridized carbons (Fsp3) is 0.350. The smallest absolute Gasteiger partial charge is 0.179 e. The molecule has 5 heteroatoms. The van der Waals surface area contributed by atoms with Crippen LogP contribution in [-0.4, -0.2) is 22.0 Å². The Morgan fingerprint density at radius 3 is 2.96 bits per heavy atom. The van der Waals surface area contributed by atoms with E-state index in [0.29, 0.717) is 18.4 Å². The quantitative estimate of drug-likeness (QED) is 0.673. The molecule has 4 nitrogen and oxygen atoms in total. The number of nitrogens with zero attached hydrogens (tertiary/aromatic N) is 2. The molecule has 3 aromatic rings. The molecule has 0 aliphatic carbocycles. The van der Waals surface area contributed by atoms with Gasteiger partial charge in [-0.15, -0.1) is 0 Å². The summed E-state index contributed by atoms with van der Waals surface area (Å²) in [4.78, 5) is 4.71. The molecule has 1 unspecified atom stereocenters. The summed E-state index contributed by atoms with van der Waals surface area (Å²) in [5, 5.41) is 3.48. The maximum Gasteiger partial charge on any atom is 0.179 e. The Morgan fingerprint density at radius 1 is 1.28 bits per heavy atom. The van der Waals surface area contributed by atoms with Gasteiger partial charge in [0.25, 0.3) is 0 Å². The number of hydrogen-bond acceptors (Lipinski definition) is 3. The van der Waals surface area contributed by atoms with Gasteiger partial charge >= 0.3 is 0 Å². The summed E-state index contributed by atoms with van der Waals surface area (Å²) >= 11 is 0. The highest BCUT2D eigenvalue weighted by Crippen LogP contribution is 2.21. The van der Waals surface area contributed by atoms with Crippen LogP contribution in [0.15, 0.2) is 48.8 Å². The second-order valence-electron chi connectivity index (χ2n) is 6.31. The van der Waals surface area contributed by atoms with Gasteiger partial charge in [0.1, 0.15) is 12.4 Å². The highest BCUT2D eigenvalue weighted by molar-refractivity contribution is 5.54. The van der Waals surface area contributed by atoms with E-state index in [-0.39, 0.29) is 5.82 Å². The van der Waals surface area contributed by atoms with E-state index in [1.165, 1.54) is 12.1 Å². The number of hydrogen-bond donors (Lipinski definition) is 1. The highest BCUT2D eigenvalue weighted by Gasteiger charge is 2.10. The summed E-state index contributed by atoms with van der Waals surface area (Å²) in [6.07, 6.45) is 5.98. The highest BCUT2D eigenvalue weighted by atomic mass is 19.1. The predicted octanol–water partition coefficient (Wildman–Crippen LogP) is 3.98. The number of ether oxygens (including phenoxy) is 1. The SMILES string of the molecule is CCCNC(C)Cc1cn2cccc(OCc3cccc(F)c3)c2n1. The average Bonchev–Trinajstić information content (AvgIpc) is 3.01. The van der Waals surface area contributed by atoms with Gasteiger partial charge in [-0.1, -0.05) is 19.1 Å². The first-order valence-electron chi connectivity index (χ1n) is 8.73. The van der Waals surface area contributed by atoms with Gasteiger partial charge < -0.3 is 14.5 Å². The Kier molecular flexibility index (Phi) is 5.66. The molecule has 0 spiro atoms. The van der Waals surface area contributed by atoms with E-state index in [4.69, 9.17) is 9.72 Å². The van der Waals surface area contributed by atoms with Crippen molar-refractivity contribution in [3.05, 3.63) is 65.9 Å². The van der Waals surface area contributed by atoms with Crippen LogP contribution in [0.3, 0.4) is 0 Å². The van der Waals surface area contributed by atoms with Crippen molar-refractivity contribution in [2.24, 2.45) is 0 Å². The number of benzene rings is 1. The topological polar surface area (TPSA) is 38.6 Å². The van der Waals surface area contributed by atoms with E-state index in [1.807, 2.05) is 35.0 Å². The Labute approximate surface area is 147 Å². The molecule has 0 aliphatic heterocycles. The van der Waals surface area contributed by atoms with Crippen LogP contribution in [0.2, 0.25) is 0 Å². The molecule has 1 N–H and O–H groups in total. The third-order valence-corrected chi connectivity index (χ3v) is 4.04. The van der Waals surface area contributed by atoms with Gasteiger partial charge in [-0.3, -0.25) is 0 Å². The largest absolute Gasteiger partial charge is 0.485 e. The van der Waals surface area contributed by atoms with Crippen LogP contribution in [-0.2, 0) is 13.0 Å². The Bertz CT molecular complexity index is 831. The van der Waals surface area contributed by atoms with Crippen molar-refractivity contribution < 1.29 is 9.13 Å². The van der Waals surface area contributed by atoms with E-state index < -0.39 is 0 Å². The van der Waals surface area contributed by atoms with E-state index in [1.54, 1.807) is 6.07 Å². The van der Waals surface area contributed by atoms with Crippen LogP contribution >= 0.6 is 0 Å². The van der Waals surface area contributed by atoms with Gasteiger partial charge in [0.15, 0.2) is 11.4 Å². The summed E-state index contributed by atoms with van der Waals surface area (Å²) in [5.74, 6) is 0.447. The van der Waals surface area contributed by atoms with E-state index >= 15 is 0 Å². The van der Waals surface area contributed by atoms with Crippen LogP contribution in [0, 0.1) is 5.82 Å². The maximum atomic E-state index is 13.3. The zero-order valence-corrected chi connectivity index (χ0v) is 14.7. The molecule has 0 saturated carbocycles. The molecule has 1 atom stereocenters. The van der Waals surface area contributed by atoms with Crippen molar-refractivity contribution in [1.29, 1.82) is 0 Å². The molecule has 3 rings (SSSR count). The molecule has 2 aromatic heterocycles. The Hall–Kier alpha value is -2.40. The summed E-state index contributed by atoms with van der Waals surface area (Å²) in [6.45, 7) is 5.65. The van der Waals surface area contributed by atoms with Gasteiger partial charge in [-0.2, -0.15) is 0 Å². The van der Waals surface area contributed by atoms with Crippen LogP contribution < -0.4 is 10.1 Å². The lowest BCUT2D eigenvalue weighted by atomic mass is 10.2. The second kappa shape index (κ2) is 8.12. The molecule has 0 fully saturated rings. The first-order valence-corrected chi connectivity index (χ1v) is 8.73. The molecule has 25 heavy (non-hydrogen) atoms. The summed E-state index contributed by atoms with van der Waals surface area (Å²) in [5.41, 5.74) is 2.61. The standard InChI is InChI=1S/C20H24FN3O/c1-3-9-22-15(2)11-18-13-24-10-5-8-19(20(24)23-18)25-14-16-6-4-7-17(21)12-16/h4-8,10,12-13,15,22H,3,9,11,14H2,1-2H3. The molecule has 0 saturated heterocycles. The maximum absolute atomic E-state index is 13.3. The van der Waals surface area contributed by atoms with E-state index in [2.05, 4.69) is 19.2 Å². The third-order valence-electron chi connectivity index (χ3n) is 4.04. The van der Waals surface area contributed by atoms with Crippen LogP contribution in [0.5, 0.6) is 5.75 Å². The summed E-state index contributed by atoms with van der Waals surface area (Å²) < 4.78 is 21.1. The Morgan fingerprint density at radius 2 is 2.16 bits per heavy atom. The molecule has 0 aliphatic rings. The lowest BCUT2D eigenvalue weighted by Gasteiger charge is -2.10. The number of pyridine rings is 1. The van der Waals surface area contributed by atoms with Crippen molar-refractivity contribution >= 4 is 5.65 Å². The zero-order valence-electron chi connectivity index (χ0n) is 14.7. The average molecular weight is 341 g/mol. The number of aromatic nitrogens is 2. The van der Waals surface area contributed by atoms with Crippen molar-refractivity contribution in [1.82, 2.24) is 14.7 Å². The van der Waals surface area contributed by atoms with Crippen molar-refractivity contribution in [3.8, 4) is 5.75 Å². The number of rotatable bonds is 8. The minimum absolute atomic E-state index is 0.254. The fourth-order valence-electron chi connectivity index (χ4n) is 2.81. The number of halogens is 1. The Balaban J connectivity index is 1.73. The van der Waals surface area contributed by atoms with Crippen LogP contribution in [0.1, 0.15) is 31.5 Å². The molecule has 1 aromatic carbocycles. The van der Waals surface area contributed by atoms with Gasteiger partial charge in [0.2, 0.25) is 0 Å².